The predicted octanol–water partition coefficient (Wildman–Crippen LogP) is 6.29. The number of urea groups is 1. The molecule has 3 saturated carbocycles. The molecule has 3 aliphatic rings. The van der Waals surface area contributed by atoms with Crippen molar-refractivity contribution < 1.29 is 4.79 Å². The number of carbonyl (C=O) groups is 1. The Morgan fingerprint density at radius 1 is 0.897 bits per heavy atom. The van der Waals surface area contributed by atoms with Crippen LogP contribution in [0.5, 0.6) is 0 Å². The van der Waals surface area contributed by atoms with Crippen molar-refractivity contribution in [3.8, 4) is 0 Å². The van der Waals surface area contributed by atoms with Crippen LogP contribution in [0, 0.1) is 0 Å². The van der Waals surface area contributed by atoms with Crippen LogP contribution >= 0.6 is 0 Å². The summed E-state index contributed by atoms with van der Waals surface area (Å²) < 4.78 is 0. The van der Waals surface area contributed by atoms with E-state index >= 15 is 0 Å². The molecule has 2 amide bonds. The van der Waals surface area contributed by atoms with Gasteiger partial charge in [-0.2, -0.15) is 0 Å². The standard InChI is InChI=1S/C25H33N3O/c29-25(26-20-10-3-1-4-11-20)28(21-12-5-2-6-13-21)24-22-14-8-7-9-19(22)17-23(27-24)18-15-16-18/h7-9,14,17-18,20-21H,1-6,10-13,15-16H2,(H,26,29). The summed E-state index contributed by atoms with van der Waals surface area (Å²) in [5, 5.41) is 5.72. The summed E-state index contributed by atoms with van der Waals surface area (Å²) >= 11 is 0. The molecule has 4 nitrogen and oxygen atoms in total. The number of nitrogens with zero attached hydrogens (tertiary/aromatic N) is 2. The Labute approximate surface area is 174 Å². The number of anilines is 1. The molecular weight excluding hydrogens is 358 g/mol. The minimum absolute atomic E-state index is 0.0781. The van der Waals surface area contributed by atoms with Crippen LogP contribution in [0.2, 0.25) is 0 Å². The molecule has 0 radical (unpaired) electrons. The molecule has 29 heavy (non-hydrogen) atoms. The van der Waals surface area contributed by atoms with Crippen LogP contribution < -0.4 is 10.2 Å². The second kappa shape index (κ2) is 8.33. The van der Waals surface area contributed by atoms with E-state index in [0.717, 1.165) is 36.9 Å². The van der Waals surface area contributed by atoms with E-state index in [-0.39, 0.29) is 12.1 Å². The topological polar surface area (TPSA) is 45.2 Å². The molecule has 0 unspecified atom stereocenters. The molecule has 5 rings (SSSR count). The summed E-state index contributed by atoms with van der Waals surface area (Å²) in [5.74, 6) is 1.47. The van der Waals surface area contributed by atoms with E-state index in [1.807, 2.05) is 0 Å². The predicted molar refractivity (Wildman–Crippen MR) is 118 cm³/mol. The summed E-state index contributed by atoms with van der Waals surface area (Å²) in [6, 6.07) is 11.4. The smallest absolute Gasteiger partial charge is 0.323 e. The molecule has 1 aromatic carbocycles. The van der Waals surface area contributed by atoms with Gasteiger partial charge in [0.25, 0.3) is 0 Å². The van der Waals surface area contributed by atoms with Crippen LogP contribution in [0.4, 0.5) is 10.6 Å². The van der Waals surface area contributed by atoms with Crippen LogP contribution in [-0.4, -0.2) is 23.1 Å². The summed E-state index contributed by atoms with van der Waals surface area (Å²) in [5.41, 5.74) is 1.17. The number of carbonyl (C=O) groups excluding carboxylic acids is 1. The molecule has 0 saturated heterocycles. The third-order valence-electron chi connectivity index (χ3n) is 7.06. The largest absolute Gasteiger partial charge is 0.335 e. The van der Waals surface area contributed by atoms with Crippen LogP contribution in [0.1, 0.15) is 88.7 Å². The molecule has 3 fully saturated rings. The van der Waals surface area contributed by atoms with Crippen molar-refractivity contribution in [3.05, 3.63) is 36.0 Å². The van der Waals surface area contributed by atoms with Gasteiger partial charge < -0.3 is 5.32 Å². The summed E-state index contributed by atoms with van der Waals surface area (Å²) in [6.07, 6.45) is 14.3. The number of aromatic nitrogens is 1. The van der Waals surface area contributed by atoms with Crippen LogP contribution in [0.25, 0.3) is 10.8 Å². The monoisotopic (exact) mass is 391 g/mol. The molecule has 0 atom stereocenters. The minimum Gasteiger partial charge on any atom is -0.335 e. The van der Waals surface area contributed by atoms with Gasteiger partial charge in [-0.25, -0.2) is 9.78 Å². The van der Waals surface area contributed by atoms with E-state index in [0.29, 0.717) is 12.0 Å². The molecule has 154 valence electrons. The lowest BCUT2D eigenvalue weighted by Crippen LogP contribution is -2.51. The molecule has 1 N–H and O–H groups in total. The Kier molecular flexibility index (Phi) is 5.43. The van der Waals surface area contributed by atoms with Crippen molar-refractivity contribution >= 4 is 22.6 Å². The maximum atomic E-state index is 13.6. The SMILES string of the molecule is O=C(NC1CCCCC1)N(c1nc(C2CC2)cc2ccccc12)C1CCCCC1. The Hall–Kier alpha value is -2.10. The molecule has 0 spiro atoms. The Bertz CT molecular complexity index is 863. The first-order chi connectivity index (χ1) is 14.3. The number of amides is 2. The highest BCUT2D eigenvalue weighted by atomic mass is 16.2. The third kappa shape index (κ3) is 4.12. The van der Waals surface area contributed by atoms with E-state index in [4.69, 9.17) is 4.98 Å². The van der Waals surface area contributed by atoms with Gasteiger partial charge in [-0.15, -0.1) is 0 Å². The fraction of sp³-hybridized carbons (Fsp3) is 0.600. The summed E-state index contributed by atoms with van der Waals surface area (Å²) in [4.78, 5) is 20.8. The zero-order valence-electron chi connectivity index (χ0n) is 17.4. The van der Waals surface area contributed by atoms with Crippen molar-refractivity contribution in [3.63, 3.8) is 0 Å². The quantitative estimate of drug-likeness (QED) is 0.665. The maximum Gasteiger partial charge on any atom is 0.323 e. The van der Waals surface area contributed by atoms with E-state index in [9.17, 15) is 4.79 Å². The van der Waals surface area contributed by atoms with Gasteiger partial charge in [0.05, 0.1) is 0 Å². The van der Waals surface area contributed by atoms with Crippen molar-refractivity contribution in [2.45, 2.75) is 95.1 Å². The Morgan fingerprint density at radius 2 is 1.59 bits per heavy atom. The fourth-order valence-electron chi connectivity index (χ4n) is 5.24. The molecule has 4 heteroatoms. The summed E-state index contributed by atoms with van der Waals surface area (Å²) in [7, 11) is 0. The van der Waals surface area contributed by atoms with Crippen molar-refractivity contribution in [2.75, 3.05) is 4.90 Å². The molecule has 3 aliphatic carbocycles. The molecule has 0 bridgehead atoms. The van der Waals surface area contributed by atoms with Crippen molar-refractivity contribution in [1.82, 2.24) is 10.3 Å². The van der Waals surface area contributed by atoms with E-state index in [2.05, 4.69) is 40.5 Å². The van der Waals surface area contributed by atoms with Crippen molar-refractivity contribution in [2.24, 2.45) is 0 Å². The van der Waals surface area contributed by atoms with Crippen LogP contribution in [0.15, 0.2) is 30.3 Å². The van der Waals surface area contributed by atoms with Gasteiger partial charge in [-0.3, -0.25) is 4.90 Å². The second-order valence-electron chi connectivity index (χ2n) is 9.31. The first kappa shape index (κ1) is 18.9. The highest BCUT2D eigenvalue weighted by molar-refractivity contribution is 6.02. The average molecular weight is 392 g/mol. The molecule has 2 aromatic rings. The fourth-order valence-corrected chi connectivity index (χ4v) is 5.24. The Morgan fingerprint density at radius 3 is 2.31 bits per heavy atom. The highest BCUT2D eigenvalue weighted by Crippen LogP contribution is 2.42. The lowest BCUT2D eigenvalue weighted by atomic mass is 9.93. The van der Waals surface area contributed by atoms with Gasteiger partial charge >= 0.3 is 6.03 Å². The third-order valence-corrected chi connectivity index (χ3v) is 7.06. The number of rotatable bonds is 4. The van der Waals surface area contributed by atoms with Gasteiger partial charge in [-0.1, -0.05) is 62.8 Å². The zero-order chi connectivity index (χ0) is 19.6. The van der Waals surface area contributed by atoms with Gasteiger partial charge in [0.15, 0.2) is 0 Å². The number of fused-ring (bicyclic) bond motifs is 1. The van der Waals surface area contributed by atoms with Crippen LogP contribution in [0.3, 0.4) is 0 Å². The molecular formula is C25H33N3O. The molecule has 0 aliphatic heterocycles. The minimum atomic E-state index is 0.0781. The number of nitrogens with one attached hydrogen (secondary N) is 1. The van der Waals surface area contributed by atoms with Gasteiger partial charge in [0.1, 0.15) is 5.82 Å². The normalized spacial score (nSPS) is 21.2. The lowest BCUT2D eigenvalue weighted by Gasteiger charge is -2.36. The number of hydrogen-bond acceptors (Lipinski definition) is 2. The van der Waals surface area contributed by atoms with Crippen molar-refractivity contribution in [1.29, 1.82) is 0 Å². The molecule has 1 heterocycles. The van der Waals surface area contributed by atoms with E-state index in [1.54, 1.807) is 0 Å². The lowest BCUT2D eigenvalue weighted by molar-refractivity contribution is 0.233. The number of hydrogen-bond donors (Lipinski definition) is 1. The second-order valence-corrected chi connectivity index (χ2v) is 9.31. The first-order valence-corrected chi connectivity index (χ1v) is 11.8. The van der Waals surface area contributed by atoms with E-state index in [1.165, 1.54) is 62.4 Å². The Balaban J connectivity index is 1.53. The van der Waals surface area contributed by atoms with Gasteiger partial charge in [0.2, 0.25) is 0 Å². The zero-order valence-corrected chi connectivity index (χ0v) is 17.4. The van der Waals surface area contributed by atoms with E-state index < -0.39 is 0 Å². The highest BCUT2D eigenvalue weighted by Gasteiger charge is 2.33. The van der Waals surface area contributed by atoms with Gasteiger partial charge in [0, 0.05) is 29.1 Å². The molecule has 1 aromatic heterocycles. The number of pyridine rings is 1. The number of benzene rings is 1. The summed E-state index contributed by atoms with van der Waals surface area (Å²) in [6.45, 7) is 0. The van der Waals surface area contributed by atoms with Crippen LogP contribution in [-0.2, 0) is 0 Å². The average Bonchev–Trinajstić information content (AvgIpc) is 3.61. The maximum absolute atomic E-state index is 13.6. The van der Waals surface area contributed by atoms with Gasteiger partial charge in [-0.05, 0) is 50.0 Å². The first-order valence-electron chi connectivity index (χ1n) is 11.8.